The molecule has 0 spiro atoms. The van der Waals surface area contributed by atoms with E-state index in [4.69, 9.17) is 0 Å². The van der Waals surface area contributed by atoms with Crippen LogP contribution < -0.4 is 0 Å². The monoisotopic (exact) mass is 359 g/mol. The van der Waals surface area contributed by atoms with Gasteiger partial charge < -0.3 is 10.0 Å². The van der Waals surface area contributed by atoms with E-state index >= 15 is 0 Å². The summed E-state index contributed by atoms with van der Waals surface area (Å²) in [5.74, 6) is -0.104. The molecule has 0 aliphatic heterocycles. The van der Waals surface area contributed by atoms with Crippen molar-refractivity contribution in [1.29, 1.82) is 0 Å². The van der Waals surface area contributed by atoms with Crippen molar-refractivity contribution in [3.8, 4) is 0 Å². The Kier molecular flexibility index (Phi) is 5.26. The van der Waals surface area contributed by atoms with Crippen molar-refractivity contribution in [2.45, 2.75) is 39.2 Å². The van der Waals surface area contributed by atoms with Crippen molar-refractivity contribution in [1.82, 2.24) is 4.90 Å². The molecule has 1 aromatic heterocycles. The maximum Gasteiger partial charge on any atom is 0.310 e. The van der Waals surface area contributed by atoms with Gasteiger partial charge in [-0.15, -0.1) is 11.3 Å². The topological polar surface area (TPSA) is 40.5 Å². The van der Waals surface area contributed by atoms with Crippen LogP contribution in [0.25, 0.3) is 0 Å². The molecule has 1 N–H and O–H groups in total. The number of carboxylic acid groups (broad SMARTS) is 1. The van der Waals surface area contributed by atoms with Crippen molar-refractivity contribution < 1.29 is 9.90 Å². The fourth-order valence-corrected chi connectivity index (χ4v) is 4.87. The molecule has 20 heavy (non-hydrogen) atoms. The van der Waals surface area contributed by atoms with Gasteiger partial charge in [-0.25, -0.2) is 0 Å². The third-order valence-corrected chi connectivity index (χ3v) is 5.85. The molecule has 0 bridgehead atoms. The minimum Gasteiger partial charge on any atom is -0.481 e. The van der Waals surface area contributed by atoms with E-state index in [0.717, 1.165) is 36.7 Å². The molecule has 1 heterocycles. The standard InChI is InChI=1S/C15H22BrNO2S/c1-11-4-3-5-15(7-11,14(18)19)10-17(2)8-13-6-12(16)9-20-13/h6,9,11H,3-5,7-8,10H2,1-2H3,(H,18,19). The number of carboxylic acids is 1. The highest BCUT2D eigenvalue weighted by molar-refractivity contribution is 9.10. The number of rotatable bonds is 5. The van der Waals surface area contributed by atoms with Crippen LogP contribution in [0.15, 0.2) is 15.9 Å². The van der Waals surface area contributed by atoms with E-state index in [-0.39, 0.29) is 0 Å². The summed E-state index contributed by atoms with van der Waals surface area (Å²) in [6.07, 6.45) is 3.81. The molecule has 0 aromatic carbocycles. The Morgan fingerprint density at radius 1 is 1.65 bits per heavy atom. The van der Waals surface area contributed by atoms with E-state index in [1.54, 1.807) is 11.3 Å². The van der Waals surface area contributed by atoms with Gasteiger partial charge in [0.25, 0.3) is 0 Å². The van der Waals surface area contributed by atoms with Crippen LogP contribution in [0.4, 0.5) is 0 Å². The van der Waals surface area contributed by atoms with Gasteiger partial charge in [-0.2, -0.15) is 0 Å². The number of thiophene rings is 1. The van der Waals surface area contributed by atoms with Crippen molar-refractivity contribution in [3.63, 3.8) is 0 Å². The normalized spacial score (nSPS) is 26.9. The van der Waals surface area contributed by atoms with Crippen molar-refractivity contribution in [2.75, 3.05) is 13.6 Å². The average Bonchev–Trinajstić information content (AvgIpc) is 2.74. The highest BCUT2D eigenvalue weighted by Crippen LogP contribution is 2.40. The maximum absolute atomic E-state index is 11.8. The fourth-order valence-electron chi connectivity index (χ4n) is 3.34. The molecular weight excluding hydrogens is 338 g/mol. The zero-order valence-corrected chi connectivity index (χ0v) is 14.5. The molecule has 0 amide bonds. The van der Waals surface area contributed by atoms with Crippen LogP contribution >= 0.6 is 27.3 Å². The lowest BCUT2D eigenvalue weighted by molar-refractivity contribution is -0.153. The fraction of sp³-hybridized carbons (Fsp3) is 0.667. The molecule has 1 aliphatic carbocycles. The van der Waals surface area contributed by atoms with Crippen LogP contribution in [0.5, 0.6) is 0 Å². The van der Waals surface area contributed by atoms with Crippen molar-refractivity contribution >= 4 is 33.2 Å². The molecule has 1 aliphatic rings. The average molecular weight is 360 g/mol. The zero-order chi connectivity index (χ0) is 14.8. The summed E-state index contributed by atoms with van der Waals surface area (Å²) in [5, 5.41) is 11.8. The van der Waals surface area contributed by atoms with Gasteiger partial charge in [-0.1, -0.05) is 19.8 Å². The lowest BCUT2D eigenvalue weighted by Gasteiger charge is -2.39. The predicted octanol–water partition coefficient (Wildman–Crippen LogP) is 4.22. The van der Waals surface area contributed by atoms with Gasteiger partial charge in [-0.05, 0) is 47.8 Å². The molecular formula is C15H22BrNO2S. The highest BCUT2D eigenvalue weighted by atomic mass is 79.9. The Labute approximate surface area is 133 Å². The Bertz CT molecular complexity index is 476. The SMILES string of the molecule is CC1CCCC(CN(C)Cc2cc(Br)cs2)(C(=O)O)C1. The number of aliphatic carboxylic acids is 1. The third kappa shape index (κ3) is 3.83. The van der Waals surface area contributed by atoms with Crippen LogP contribution in [-0.4, -0.2) is 29.6 Å². The van der Waals surface area contributed by atoms with Crippen LogP contribution in [0.1, 0.15) is 37.5 Å². The van der Waals surface area contributed by atoms with Gasteiger partial charge in [-0.3, -0.25) is 4.79 Å². The molecule has 2 unspecified atom stereocenters. The molecule has 0 saturated heterocycles. The smallest absolute Gasteiger partial charge is 0.310 e. The molecule has 2 atom stereocenters. The first-order valence-corrected chi connectivity index (χ1v) is 8.73. The first-order chi connectivity index (χ1) is 9.41. The second-order valence-corrected chi connectivity index (χ2v) is 8.10. The van der Waals surface area contributed by atoms with Gasteiger partial charge in [0.05, 0.1) is 5.41 Å². The summed E-state index contributed by atoms with van der Waals surface area (Å²) in [6.45, 7) is 3.63. The minimum atomic E-state index is -0.622. The minimum absolute atomic E-state index is 0.518. The molecule has 1 saturated carbocycles. The summed E-state index contributed by atoms with van der Waals surface area (Å²) in [4.78, 5) is 15.2. The zero-order valence-electron chi connectivity index (χ0n) is 12.1. The van der Waals surface area contributed by atoms with Crippen LogP contribution in [-0.2, 0) is 11.3 Å². The van der Waals surface area contributed by atoms with E-state index in [0.29, 0.717) is 12.5 Å². The predicted molar refractivity (Wildman–Crippen MR) is 86.1 cm³/mol. The largest absolute Gasteiger partial charge is 0.481 e. The van der Waals surface area contributed by atoms with E-state index in [1.165, 1.54) is 4.88 Å². The number of nitrogens with zero attached hydrogens (tertiary/aromatic N) is 1. The van der Waals surface area contributed by atoms with Crippen LogP contribution in [0, 0.1) is 11.3 Å². The molecule has 0 radical (unpaired) electrons. The lowest BCUT2D eigenvalue weighted by atomic mass is 9.70. The first-order valence-electron chi connectivity index (χ1n) is 7.06. The van der Waals surface area contributed by atoms with Gasteiger partial charge in [0.2, 0.25) is 0 Å². The third-order valence-electron chi connectivity index (χ3n) is 4.17. The molecule has 1 fully saturated rings. The Morgan fingerprint density at radius 3 is 2.95 bits per heavy atom. The second-order valence-electron chi connectivity index (χ2n) is 6.19. The van der Waals surface area contributed by atoms with E-state index in [9.17, 15) is 9.90 Å². The first kappa shape index (κ1) is 16.0. The summed E-state index contributed by atoms with van der Waals surface area (Å²) < 4.78 is 1.10. The van der Waals surface area contributed by atoms with E-state index < -0.39 is 11.4 Å². The number of halogens is 1. The van der Waals surface area contributed by atoms with Crippen molar-refractivity contribution in [3.05, 3.63) is 20.8 Å². The Hall–Kier alpha value is -0.390. The van der Waals surface area contributed by atoms with Crippen LogP contribution in [0.2, 0.25) is 0 Å². The quantitative estimate of drug-likeness (QED) is 0.855. The molecule has 3 nitrogen and oxygen atoms in total. The Morgan fingerprint density at radius 2 is 2.40 bits per heavy atom. The summed E-state index contributed by atoms with van der Waals surface area (Å²) in [7, 11) is 2.03. The highest BCUT2D eigenvalue weighted by Gasteiger charge is 2.42. The van der Waals surface area contributed by atoms with Gasteiger partial charge in [0.15, 0.2) is 0 Å². The number of hydrogen-bond acceptors (Lipinski definition) is 3. The van der Waals surface area contributed by atoms with Gasteiger partial charge >= 0.3 is 5.97 Å². The van der Waals surface area contributed by atoms with Crippen molar-refractivity contribution in [2.24, 2.45) is 11.3 Å². The number of hydrogen-bond donors (Lipinski definition) is 1. The summed E-state index contributed by atoms with van der Waals surface area (Å²) >= 11 is 5.17. The summed E-state index contributed by atoms with van der Waals surface area (Å²) in [5.41, 5.74) is -0.555. The van der Waals surface area contributed by atoms with Gasteiger partial charge in [0, 0.05) is 27.8 Å². The Balaban J connectivity index is 2.02. The second kappa shape index (κ2) is 6.58. The van der Waals surface area contributed by atoms with E-state index in [1.807, 2.05) is 7.05 Å². The maximum atomic E-state index is 11.8. The molecule has 2 rings (SSSR count). The molecule has 112 valence electrons. The summed E-state index contributed by atoms with van der Waals surface area (Å²) in [6, 6.07) is 2.11. The lowest BCUT2D eigenvalue weighted by Crippen LogP contribution is -2.44. The number of carbonyl (C=O) groups is 1. The van der Waals surface area contributed by atoms with Gasteiger partial charge in [0.1, 0.15) is 0 Å². The van der Waals surface area contributed by atoms with E-state index in [2.05, 4.69) is 39.2 Å². The molecule has 5 heteroatoms. The van der Waals surface area contributed by atoms with Crippen LogP contribution in [0.3, 0.4) is 0 Å². The molecule has 1 aromatic rings.